The lowest BCUT2D eigenvalue weighted by Crippen LogP contribution is -2.34. The van der Waals surface area contributed by atoms with Crippen LogP contribution in [-0.2, 0) is 0 Å². The largest absolute Gasteiger partial charge is 0.508 e. The second-order valence-corrected chi connectivity index (χ2v) is 5.55. The molecule has 1 aromatic carbocycles. The Kier molecular flexibility index (Phi) is 2.87. The molecule has 1 saturated heterocycles. The van der Waals surface area contributed by atoms with Crippen LogP contribution < -0.4 is 0 Å². The Bertz CT molecular complexity index is 682. The standard InChI is InChI=1S/C15H16N2O3/c1-15(20)6-7-17(9-15)14(19)13-4-2-10-8-11(18)3-5-12(10)16-13/h2-5,8,18,20H,6-7,9H2,1H3. The fourth-order valence-electron chi connectivity index (χ4n) is 2.51. The van der Waals surface area contributed by atoms with E-state index in [-0.39, 0.29) is 11.7 Å². The van der Waals surface area contributed by atoms with Crippen molar-refractivity contribution in [2.75, 3.05) is 13.1 Å². The number of fused-ring (bicyclic) bond motifs is 1. The lowest BCUT2D eigenvalue weighted by Gasteiger charge is -2.18. The van der Waals surface area contributed by atoms with Crippen LogP contribution in [0, 0.1) is 0 Å². The molecule has 104 valence electrons. The second-order valence-electron chi connectivity index (χ2n) is 5.55. The van der Waals surface area contributed by atoms with Gasteiger partial charge in [-0.1, -0.05) is 6.07 Å². The number of hydrogen-bond acceptors (Lipinski definition) is 4. The van der Waals surface area contributed by atoms with Crippen LogP contribution in [0.1, 0.15) is 23.8 Å². The van der Waals surface area contributed by atoms with E-state index in [1.165, 1.54) is 0 Å². The molecule has 0 bridgehead atoms. The molecule has 1 atom stereocenters. The van der Waals surface area contributed by atoms with Crippen LogP contribution in [0.4, 0.5) is 0 Å². The lowest BCUT2D eigenvalue weighted by molar-refractivity contribution is 0.0569. The molecule has 0 aliphatic carbocycles. The van der Waals surface area contributed by atoms with Gasteiger partial charge in [-0.15, -0.1) is 0 Å². The number of phenols is 1. The van der Waals surface area contributed by atoms with Gasteiger partial charge in [0.15, 0.2) is 0 Å². The highest BCUT2D eigenvalue weighted by Crippen LogP contribution is 2.23. The number of carbonyl (C=O) groups is 1. The number of β-amino-alcohol motifs (C(OH)–C–C–N with tert-alkyl or cyclic N) is 1. The second kappa shape index (κ2) is 4.45. The molecule has 1 unspecified atom stereocenters. The number of aromatic hydroxyl groups is 1. The van der Waals surface area contributed by atoms with Crippen molar-refractivity contribution in [1.29, 1.82) is 0 Å². The molecular weight excluding hydrogens is 256 g/mol. The Hall–Kier alpha value is -2.14. The zero-order valence-electron chi connectivity index (χ0n) is 11.2. The summed E-state index contributed by atoms with van der Waals surface area (Å²) in [6.45, 7) is 2.61. The minimum atomic E-state index is -0.807. The van der Waals surface area contributed by atoms with E-state index in [9.17, 15) is 15.0 Å². The van der Waals surface area contributed by atoms with Crippen molar-refractivity contribution in [3.63, 3.8) is 0 Å². The summed E-state index contributed by atoms with van der Waals surface area (Å²) < 4.78 is 0. The Balaban J connectivity index is 1.90. The van der Waals surface area contributed by atoms with E-state index in [0.717, 1.165) is 5.39 Å². The smallest absolute Gasteiger partial charge is 0.272 e. The molecule has 20 heavy (non-hydrogen) atoms. The number of hydrogen-bond donors (Lipinski definition) is 2. The van der Waals surface area contributed by atoms with E-state index >= 15 is 0 Å². The van der Waals surface area contributed by atoms with Gasteiger partial charge in [0.25, 0.3) is 5.91 Å². The predicted molar refractivity (Wildman–Crippen MR) is 74.6 cm³/mol. The van der Waals surface area contributed by atoms with Crippen molar-refractivity contribution in [3.05, 3.63) is 36.0 Å². The van der Waals surface area contributed by atoms with Crippen LogP contribution in [-0.4, -0.2) is 44.7 Å². The molecule has 1 fully saturated rings. The first-order valence-corrected chi connectivity index (χ1v) is 6.56. The summed E-state index contributed by atoms with van der Waals surface area (Å²) in [5.74, 6) is 0.00622. The number of rotatable bonds is 1. The zero-order chi connectivity index (χ0) is 14.3. The minimum absolute atomic E-state index is 0.169. The quantitative estimate of drug-likeness (QED) is 0.825. The first-order valence-electron chi connectivity index (χ1n) is 6.56. The summed E-state index contributed by atoms with van der Waals surface area (Å²) in [6, 6.07) is 8.25. The van der Waals surface area contributed by atoms with E-state index in [1.807, 2.05) is 0 Å². The maximum absolute atomic E-state index is 12.3. The molecule has 1 aromatic heterocycles. The first kappa shape index (κ1) is 12.9. The van der Waals surface area contributed by atoms with Gasteiger partial charge in [-0.2, -0.15) is 0 Å². The van der Waals surface area contributed by atoms with Crippen LogP contribution in [0.3, 0.4) is 0 Å². The predicted octanol–water partition coefficient (Wildman–Crippen LogP) is 1.54. The van der Waals surface area contributed by atoms with Crippen molar-refractivity contribution in [2.24, 2.45) is 0 Å². The van der Waals surface area contributed by atoms with Crippen molar-refractivity contribution >= 4 is 16.8 Å². The zero-order valence-corrected chi connectivity index (χ0v) is 11.2. The fraction of sp³-hybridized carbons (Fsp3) is 0.333. The molecule has 5 nitrogen and oxygen atoms in total. The van der Waals surface area contributed by atoms with Gasteiger partial charge in [-0.05, 0) is 37.6 Å². The molecule has 1 amide bonds. The molecular formula is C15H16N2O3. The van der Waals surface area contributed by atoms with Gasteiger partial charge in [0, 0.05) is 18.5 Å². The van der Waals surface area contributed by atoms with Crippen LogP contribution in [0.25, 0.3) is 10.9 Å². The van der Waals surface area contributed by atoms with Gasteiger partial charge in [-0.25, -0.2) is 4.98 Å². The molecule has 5 heteroatoms. The van der Waals surface area contributed by atoms with Crippen molar-refractivity contribution in [1.82, 2.24) is 9.88 Å². The Labute approximate surface area is 116 Å². The normalized spacial score (nSPS) is 22.4. The number of carbonyl (C=O) groups excluding carboxylic acids is 1. The summed E-state index contributed by atoms with van der Waals surface area (Å²) >= 11 is 0. The van der Waals surface area contributed by atoms with Gasteiger partial charge in [0.2, 0.25) is 0 Å². The Morgan fingerprint density at radius 3 is 2.85 bits per heavy atom. The van der Waals surface area contributed by atoms with E-state index in [2.05, 4.69) is 4.98 Å². The topological polar surface area (TPSA) is 73.7 Å². The SMILES string of the molecule is CC1(O)CCN(C(=O)c2ccc3cc(O)ccc3n2)C1. The molecule has 2 aromatic rings. The third kappa shape index (κ3) is 2.32. The summed E-state index contributed by atoms with van der Waals surface area (Å²) in [7, 11) is 0. The number of amides is 1. The van der Waals surface area contributed by atoms with Crippen LogP contribution in [0.15, 0.2) is 30.3 Å². The minimum Gasteiger partial charge on any atom is -0.508 e. The van der Waals surface area contributed by atoms with Crippen LogP contribution in [0.5, 0.6) is 5.75 Å². The van der Waals surface area contributed by atoms with Gasteiger partial charge >= 0.3 is 0 Å². The molecule has 2 N–H and O–H groups in total. The summed E-state index contributed by atoms with van der Waals surface area (Å²) in [6.07, 6.45) is 0.584. The fourth-order valence-corrected chi connectivity index (χ4v) is 2.51. The molecule has 0 radical (unpaired) electrons. The average Bonchev–Trinajstić information content (AvgIpc) is 2.77. The monoisotopic (exact) mass is 272 g/mol. The van der Waals surface area contributed by atoms with E-state index < -0.39 is 5.60 Å². The van der Waals surface area contributed by atoms with Gasteiger partial charge in [0.05, 0.1) is 11.1 Å². The van der Waals surface area contributed by atoms with Gasteiger partial charge < -0.3 is 15.1 Å². The highest BCUT2D eigenvalue weighted by Gasteiger charge is 2.34. The number of phenolic OH excluding ortho intramolecular Hbond substituents is 1. The highest BCUT2D eigenvalue weighted by molar-refractivity contribution is 5.95. The third-order valence-corrected chi connectivity index (χ3v) is 3.63. The van der Waals surface area contributed by atoms with Crippen LogP contribution in [0.2, 0.25) is 0 Å². The van der Waals surface area contributed by atoms with Crippen molar-refractivity contribution < 1.29 is 15.0 Å². The highest BCUT2D eigenvalue weighted by atomic mass is 16.3. The Morgan fingerprint density at radius 1 is 1.35 bits per heavy atom. The average molecular weight is 272 g/mol. The summed E-state index contributed by atoms with van der Waals surface area (Å²) in [5, 5.41) is 20.1. The molecule has 1 aliphatic heterocycles. The summed E-state index contributed by atoms with van der Waals surface area (Å²) in [4.78, 5) is 18.3. The summed E-state index contributed by atoms with van der Waals surface area (Å²) in [5.41, 5.74) is 0.221. The van der Waals surface area contributed by atoms with E-state index in [4.69, 9.17) is 0 Å². The number of pyridine rings is 1. The number of benzene rings is 1. The maximum Gasteiger partial charge on any atom is 0.272 e. The van der Waals surface area contributed by atoms with Crippen molar-refractivity contribution in [2.45, 2.75) is 18.9 Å². The third-order valence-electron chi connectivity index (χ3n) is 3.63. The molecule has 1 aliphatic rings. The Morgan fingerprint density at radius 2 is 2.15 bits per heavy atom. The van der Waals surface area contributed by atoms with Gasteiger partial charge in [0.1, 0.15) is 11.4 Å². The van der Waals surface area contributed by atoms with Crippen molar-refractivity contribution in [3.8, 4) is 5.75 Å². The number of aromatic nitrogens is 1. The van der Waals surface area contributed by atoms with E-state index in [1.54, 1.807) is 42.2 Å². The molecule has 0 saturated carbocycles. The molecule has 2 heterocycles. The first-order chi connectivity index (χ1) is 9.44. The molecule has 0 spiro atoms. The van der Waals surface area contributed by atoms with E-state index in [0.29, 0.717) is 30.7 Å². The lowest BCUT2D eigenvalue weighted by atomic mass is 10.1. The maximum atomic E-state index is 12.3. The number of likely N-dealkylation sites (tertiary alicyclic amines) is 1. The number of nitrogens with zero attached hydrogens (tertiary/aromatic N) is 2. The van der Waals surface area contributed by atoms with Gasteiger partial charge in [-0.3, -0.25) is 4.79 Å². The van der Waals surface area contributed by atoms with Crippen LogP contribution >= 0.6 is 0 Å². The number of aliphatic hydroxyl groups is 1. The molecule has 3 rings (SSSR count).